The number of aryl methyl sites for hydroxylation is 1. The van der Waals surface area contributed by atoms with Gasteiger partial charge in [0.1, 0.15) is 18.3 Å². The topological polar surface area (TPSA) is 80.7 Å². The van der Waals surface area contributed by atoms with Crippen LogP contribution in [-0.2, 0) is 9.47 Å². The Labute approximate surface area is 145 Å². The van der Waals surface area contributed by atoms with Crippen molar-refractivity contribution in [3.05, 3.63) is 53.9 Å². The molecule has 6 heteroatoms. The van der Waals surface area contributed by atoms with E-state index in [1.807, 2.05) is 43.3 Å². The molecule has 4 rings (SSSR count). The molecule has 1 amide bonds. The first-order valence-electron chi connectivity index (χ1n) is 8.38. The van der Waals surface area contributed by atoms with Gasteiger partial charge in [0.2, 0.25) is 0 Å². The molecule has 0 bridgehead atoms. The van der Waals surface area contributed by atoms with Crippen LogP contribution in [0.3, 0.4) is 0 Å². The molecular weight excluding hydrogens is 320 g/mol. The molecule has 1 aromatic heterocycles. The zero-order valence-electron chi connectivity index (χ0n) is 13.9. The van der Waals surface area contributed by atoms with Crippen LogP contribution in [0.15, 0.2) is 42.6 Å². The van der Waals surface area contributed by atoms with Crippen LogP contribution in [0.4, 0.5) is 0 Å². The number of amides is 1. The lowest BCUT2D eigenvalue weighted by Crippen LogP contribution is -2.44. The summed E-state index contributed by atoms with van der Waals surface area (Å²) < 4.78 is 11.2. The number of nitrogens with zero attached hydrogens (tertiary/aromatic N) is 1. The third-order valence-corrected chi connectivity index (χ3v) is 4.80. The van der Waals surface area contributed by atoms with E-state index in [0.717, 1.165) is 11.1 Å². The number of benzene rings is 1. The summed E-state index contributed by atoms with van der Waals surface area (Å²) in [6, 6.07) is 11.3. The molecule has 4 atom stereocenters. The van der Waals surface area contributed by atoms with Crippen LogP contribution in [0.25, 0.3) is 11.1 Å². The number of aliphatic hydroxyl groups is 1. The number of fused-ring (bicyclic) bond motifs is 1. The maximum Gasteiger partial charge on any atom is 0.254 e. The second kappa shape index (κ2) is 6.55. The quantitative estimate of drug-likeness (QED) is 0.881. The van der Waals surface area contributed by atoms with Crippen molar-refractivity contribution in [3.63, 3.8) is 0 Å². The van der Waals surface area contributed by atoms with E-state index in [-0.39, 0.29) is 30.8 Å². The summed E-state index contributed by atoms with van der Waals surface area (Å²) in [6.45, 7) is 2.39. The van der Waals surface area contributed by atoms with Crippen molar-refractivity contribution in [2.24, 2.45) is 0 Å². The zero-order valence-corrected chi connectivity index (χ0v) is 13.9. The third kappa shape index (κ3) is 2.93. The standard InChI is InChI=1S/C19H20N2O4/c1-11-16(13(7-8-20-11)12-5-3-2-4-6-12)19(23)21-14-9-24-18-15(22)10-25-17(14)18/h2-8,14-15,17-18,22H,9-10H2,1H3,(H,21,23)/t14-,15-,17-,18-/m1/s1. The first-order chi connectivity index (χ1) is 12.1. The van der Waals surface area contributed by atoms with Gasteiger partial charge in [-0.1, -0.05) is 30.3 Å². The number of pyridine rings is 1. The first-order valence-corrected chi connectivity index (χ1v) is 8.38. The summed E-state index contributed by atoms with van der Waals surface area (Å²) in [5, 5.41) is 12.8. The predicted molar refractivity (Wildman–Crippen MR) is 91.2 cm³/mol. The molecule has 0 unspecified atom stereocenters. The van der Waals surface area contributed by atoms with Crippen LogP contribution in [0, 0.1) is 6.92 Å². The Kier molecular flexibility index (Phi) is 4.25. The lowest BCUT2D eigenvalue weighted by atomic mass is 9.98. The number of hydrogen-bond acceptors (Lipinski definition) is 5. The summed E-state index contributed by atoms with van der Waals surface area (Å²) in [5.74, 6) is -0.205. The maximum absolute atomic E-state index is 13.0. The lowest BCUT2D eigenvalue weighted by molar-refractivity contribution is 0.0178. The molecule has 3 heterocycles. The molecule has 2 saturated heterocycles. The fourth-order valence-electron chi connectivity index (χ4n) is 3.55. The Hall–Kier alpha value is -2.28. The average Bonchev–Trinajstić information content (AvgIpc) is 3.19. The van der Waals surface area contributed by atoms with Crippen LogP contribution in [0.1, 0.15) is 16.1 Å². The van der Waals surface area contributed by atoms with Gasteiger partial charge in [0.15, 0.2) is 0 Å². The fraction of sp³-hybridized carbons (Fsp3) is 0.368. The van der Waals surface area contributed by atoms with Crippen LogP contribution in [0.5, 0.6) is 0 Å². The average molecular weight is 340 g/mol. The van der Waals surface area contributed by atoms with E-state index in [0.29, 0.717) is 17.9 Å². The minimum absolute atomic E-state index is 0.205. The molecule has 2 aromatic rings. The highest BCUT2D eigenvalue weighted by atomic mass is 16.6. The molecule has 2 N–H and O–H groups in total. The number of carbonyl (C=O) groups is 1. The van der Waals surface area contributed by atoms with Crippen LogP contribution >= 0.6 is 0 Å². The van der Waals surface area contributed by atoms with E-state index >= 15 is 0 Å². The second-order valence-electron chi connectivity index (χ2n) is 6.43. The summed E-state index contributed by atoms with van der Waals surface area (Å²) in [4.78, 5) is 17.2. The molecule has 130 valence electrons. The molecular formula is C19H20N2O4. The van der Waals surface area contributed by atoms with Gasteiger partial charge in [-0.05, 0) is 24.1 Å². The van der Waals surface area contributed by atoms with Gasteiger partial charge in [0.05, 0.1) is 30.5 Å². The minimum Gasteiger partial charge on any atom is -0.388 e. The number of rotatable bonds is 3. The number of aliphatic hydroxyl groups excluding tert-OH is 1. The smallest absolute Gasteiger partial charge is 0.254 e. The van der Waals surface area contributed by atoms with Crippen molar-refractivity contribution in [3.8, 4) is 11.1 Å². The highest BCUT2D eigenvalue weighted by molar-refractivity contribution is 6.02. The minimum atomic E-state index is -0.632. The van der Waals surface area contributed by atoms with Crippen LogP contribution in [-0.4, -0.2) is 53.6 Å². The molecule has 6 nitrogen and oxygen atoms in total. The van der Waals surface area contributed by atoms with E-state index in [4.69, 9.17) is 9.47 Å². The van der Waals surface area contributed by atoms with Crippen molar-refractivity contribution in [1.82, 2.24) is 10.3 Å². The SMILES string of the molecule is Cc1nccc(-c2ccccc2)c1C(=O)N[C@@H]1CO[C@H]2[C@@H]1OC[C@H]2O. The molecule has 25 heavy (non-hydrogen) atoms. The lowest BCUT2D eigenvalue weighted by Gasteiger charge is -2.19. The molecule has 0 radical (unpaired) electrons. The van der Waals surface area contributed by atoms with Crippen molar-refractivity contribution < 1.29 is 19.4 Å². The summed E-state index contributed by atoms with van der Waals surface area (Å²) >= 11 is 0. The van der Waals surface area contributed by atoms with Crippen LogP contribution in [0.2, 0.25) is 0 Å². The Bertz CT molecular complexity index is 780. The molecule has 1 aromatic carbocycles. The first kappa shape index (κ1) is 16.2. The predicted octanol–water partition coefficient (Wildman–Crippen LogP) is 1.31. The van der Waals surface area contributed by atoms with Gasteiger partial charge < -0.3 is 19.9 Å². The zero-order chi connectivity index (χ0) is 17.4. The highest BCUT2D eigenvalue weighted by Crippen LogP contribution is 2.29. The molecule has 0 aliphatic carbocycles. The number of hydrogen-bond donors (Lipinski definition) is 2. The largest absolute Gasteiger partial charge is 0.388 e. The molecule has 2 fully saturated rings. The van der Waals surface area contributed by atoms with Gasteiger partial charge in [0.25, 0.3) is 5.91 Å². The second-order valence-corrected chi connectivity index (χ2v) is 6.43. The Balaban J connectivity index is 1.61. The normalized spacial score (nSPS) is 27.9. The summed E-state index contributed by atoms with van der Waals surface area (Å²) in [6.07, 6.45) is 0.400. The van der Waals surface area contributed by atoms with E-state index in [1.54, 1.807) is 6.20 Å². The Morgan fingerprint density at radius 1 is 1.16 bits per heavy atom. The summed E-state index contributed by atoms with van der Waals surface area (Å²) in [7, 11) is 0. The molecule has 0 spiro atoms. The maximum atomic E-state index is 13.0. The number of nitrogens with one attached hydrogen (secondary N) is 1. The van der Waals surface area contributed by atoms with Gasteiger partial charge in [0, 0.05) is 6.20 Å². The third-order valence-electron chi connectivity index (χ3n) is 4.80. The van der Waals surface area contributed by atoms with Gasteiger partial charge in [-0.2, -0.15) is 0 Å². The Morgan fingerprint density at radius 3 is 2.72 bits per heavy atom. The van der Waals surface area contributed by atoms with Crippen molar-refractivity contribution >= 4 is 5.91 Å². The van der Waals surface area contributed by atoms with E-state index < -0.39 is 6.10 Å². The molecule has 2 aliphatic rings. The summed E-state index contributed by atoms with van der Waals surface area (Å²) in [5.41, 5.74) is 3.03. The fourth-order valence-corrected chi connectivity index (χ4v) is 3.55. The van der Waals surface area contributed by atoms with E-state index in [2.05, 4.69) is 10.3 Å². The van der Waals surface area contributed by atoms with Gasteiger partial charge in [-0.25, -0.2) is 0 Å². The van der Waals surface area contributed by atoms with Crippen molar-refractivity contribution in [2.75, 3.05) is 13.2 Å². The van der Waals surface area contributed by atoms with Crippen molar-refractivity contribution in [2.45, 2.75) is 31.3 Å². The van der Waals surface area contributed by atoms with E-state index in [1.165, 1.54) is 0 Å². The number of aromatic nitrogens is 1. The Morgan fingerprint density at radius 2 is 1.92 bits per heavy atom. The van der Waals surface area contributed by atoms with Crippen LogP contribution < -0.4 is 5.32 Å². The molecule has 0 saturated carbocycles. The monoisotopic (exact) mass is 340 g/mol. The van der Waals surface area contributed by atoms with Gasteiger partial charge in [-0.3, -0.25) is 9.78 Å². The number of ether oxygens (including phenoxy) is 2. The molecule has 2 aliphatic heterocycles. The number of carbonyl (C=O) groups excluding carboxylic acids is 1. The van der Waals surface area contributed by atoms with Gasteiger partial charge >= 0.3 is 0 Å². The van der Waals surface area contributed by atoms with E-state index in [9.17, 15) is 9.90 Å². The highest BCUT2D eigenvalue weighted by Gasteiger charge is 2.47. The van der Waals surface area contributed by atoms with Crippen molar-refractivity contribution in [1.29, 1.82) is 0 Å². The van der Waals surface area contributed by atoms with Gasteiger partial charge in [-0.15, -0.1) is 0 Å².